The maximum atomic E-state index is 12.2. The number of ether oxygens (including phenoxy) is 2. The Kier molecular flexibility index (Phi) is 5.10. The number of hydrogen-bond donors (Lipinski definition) is 2. The topological polar surface area (TPSA) is 98.9 Å². The molecule has 2 rings (SSSR count). The molecule has 0 amide bonds. The van der Waals surface area contributed by atoms with E-state index in [1.807, 2.05) is 0 Å². The summed E-state index contributed by atoms with van der Waals surface area (Å²) >= 11 is 3.30. The third-order valence-electron chi connectivity index (χ3n) is 3.24. The first-order valence-corrected chi connectivity index (χ1v) is 7.79. The van der Waals surface area contributed by atoms with Crippen molar-refractivity contribution in [1.29, 1.82) is 0 Å². The van der Waals surface area contributed by atoms with Crippen LogP contribution in [-0.2, 0) is 9.47 Å². The molecule has 23 heavy (non-hydrogen) atoms. The molecule has 0 spiro atoms. The minimum absolute atomic E-state index is 0.0765. The average Bonchev–Trinajstić information content (AvgIpc) is 2.68. The van der Waals surface area contributed by atoms with Gasteiger partial charge in [-0.2, -0.15) is 0 Å². The summed E-state index contributed by atoms with van der Waals surface area (Å²) in [6, 6.07) is 4.70. The zero-order valence-electron chi connectivity index (χ0n) is 12.7. The Balaban J connectivity index is 2.79. The maximum Gasteiger partial charge on any atom is 0.342 e. The minimum atomic E-state index is -0.720. The van der Waals surface area contributed by atoms with Crippen LogP contribution in [0.3, 0.4) is 0 Å². The van der Waals surface area contributed by atoms with Crippen LogP contribution in [0.4, 0.5) is 5.69 Å². The molecule has 0 heterocycles. The van der Waals surface area contributed by atoms with E-state index in [-0.39, 0.29) is 24.3 Å². The second kappa shape index (κ2) is 6.87. The van der Waals surface area contributed by atoms with Crippen LogP contribution >= 0.6 is 15.9 Å². The molecule has 0 aromatic rings. The van der Waals surface area contributed by atoms with E-state index in [4.69, 9.17) is 15.2 Å². The lowest BCUT2D eigenvalue weighted by Crippen LogP contribution is -2.06. The second-order valence-electron chi connectivity index (χ2n) is 4.65. The first kappa shape index (κ1) is 17.1. The maximum absolute atomic E-state index is 12.2. The molecule has 0 aromatic carbocycles. The predicted octanol–water partition coefficient (Wildman–Crippen LogP) is 3.20. The van der Waals surface area contributed by atoms with Crippen molar-refractivity contribution in [1.82, 2.24) is 0 Å². The lowest BCUT2D eigenvalue weighted by atomic mass is 10.1. The van der Waals surface area contributed by atoms with Gasteiger partial charge in [-0.15, -0.1) is 0 Å². The SMILES string of the molecule is CCOC(=O)c1c2ccc(N)c(Br)cc-2c(C(=O)OCC)c1O. The molecule has 7 heteroatoms. The van der Waals surface area contributed by atoms with E-state index in [0.717, 1.165) is 0 Å². The molecule has 0 fully saturated rings. The number of rotatable bonds is 4. The van der Waals surface area contributed by atoms with Gasteiger partial charge in [0.1, 0.15) is 16.9 Å². The van der Waals surface area contributed by atoms with Crippen LogP contribution < -0.4 is 5.73 Å². The summed E-state index contributed by atoms with van der Waals surface area (Å²) in [6.07, 6.45) is 0. The monoisotopic (exact) mass is 381 g/mol. The van der Waals surface area contributed by atoms with Gasteiger partial charge in [0.05, 0.1) is 13.2 Å². The number of carbonyl (C=O) groups is 2. The summed E-state index contributed by atoms with van der Waals surface area (Å²) in [4.78, 5) is 24.4. The number of nitrogens with two attached hydrogens (primary N) is 1. The third-order valence-corrected chi connectivity index (χ3v) is 3.92. The Morgan fingerprint density at radius 2 is 1.61 bits per heavy atom. The number of hydrogen-bond acceptors (Lipinski definition) is 6. The first-order chi connectivity index (χ1) is 10.9. The summed E-state index contributed by atoms with van der Waals surface area (Å²) in [5.41, 5.74) is 6.82. The fourth-order valence-electron chi connectivity index (χ4n) is 2.26. The molecular formula is C16H16BrNO5. The lowest BCUT2D eigenvalue weighted by molar-refractivity contribution is 0.0524. The largest absolute Gasteiger partial charge is 0.506 e. The van der Waals surface area contributed by atoms with Gasteiger partial charge in [0.25, 0.3) is 0 Å². The van der Waals surface area contributed by atoms with Crippen LogP contribution in [0.1, 0.15) is 34.6 Å². The number of fused-ring (bicyclic) bond motifs is 1. The van der Waals surface area contributed by atoms with Gasteiger partial charge in [0, 0.05) is 21.3 Å². The molecule has 3 N–H and O–H groups in total. The van der Waals surface area contributed by atoms with Gasteiger partial charge < -0.3 is 20.3 Å². The molecule has 2 aliphatic rings. The van der Waals surface area contributed by atoms with E-state index in [9.17, 15) is 14.7 Å². The van der Waals surface area contributed by atoms with Crippen LogP contribution in [-0.4, -0.2) is 30.3 Å². The van der Waals surface area contributed by atoms with Gasteiger partial charge >= 0.3 is 11.9 Å². The van der Waals surface area contributed by atoms with E-state index >= 15 is 0 Å². The van der Waals surface area contributed by atoms with Gasteiger partial charge in [0.2, 0.25) is 0 Å². The van der Waals surface area contributed by atoms with Gasteiger partial charge in [-0.25, -0.2) is 9.59 Å². The quantitative estimate of drug-likeness (QED) is 0.788. The summed E-state index contributed by atoms with van der Waals surface area (Å²) in [5, 5.41) is 10.4. The summed E-state index contributed by atoms with van der Waals surface area (Å²) in [5.74, 6) is -1.89. The number of halogens is 1. The highest BCUT2D eigenvalue weighted by Gasteiger charge is 2.32. The van der Waals surface area contributed by atoms with E-state index in [0.29, 0.717) is 21.3 Å². The van der Waals surface area contributed by atoms with E-state index in [1.54, 1.807) is 32.0 Å². The smallest absolute Gasteiger partial charge is 0.342 e. The Hall–Kier alpha value is -2.28. The molecule has 0 saturated carbocycles. The van der Waals surface area contributed by atoms with Crippen molar-refractivity contribution >= 4 is 33.6 Å². The summed E-state index contributed by atoms with van der Waals surface area (Å²) in [6.45, 7) is 3.59. The zero-order valence-corrected chi connectivity index (χ0v) is 14.3. The zero-order chi connectivity index (χ0) is 17.1. The van der Waals surface area contributed by atoms with Gasteiger partial charge in [0.15, 0.2) is 0 Å². The van der Waals surface area contributed by atoms with Crippen molar-refractivity contribution in [3.63, 3.8) is 0 Å². The second-order valence-corrected chi connectivity index (χ2v) is 5.50. The number of nitrogen functional groups attached to an aromatic ring is 1. The Morgan fingerprint density at radius 3 is 2.13 bits per heavy atom. The van der Waals surface area contributed by atoms with Crippen molar-refractivity contribution in [3.8, 4) is 16.9 Å². The number of carbonyl (C=O) groups excluding carboxylic acids is 2. The molecule has 2 aliphatic carbocycles. The normalized spacial score (nSPS) is 10.6. The molecule has 0 bridgehead atoms. The Morgan fingerprint density at radius 1 is 1.09 bits per heavy atom. The molecule has 0 aromatic heterocycles. The lowest BCUT2D eigenvalue weighted by Gasteiger charge is -2.02. The van der Waals surface area contributed by atoms with Gasteiger partial charge in [-0.05, 0) is 41.9 Å². The number of anilines is 1. The third kappa shape index (κ3) is 3.10. The standard InChI is InChI=1S/C16H16BrNO5/c1-3-22-15(20)12-8-5-6-11(18)10(17)7-9(8)13(14(12)19)16(21)23-4-2/h5-7,19H,3-4,18H2,1-2H3. The number of aromatic hydroxyl groups is 1. The van der Waals surface area contributed by atoms with Crippen LogP contribution in [0.25, 0.3) is 11.1 Å². The first-order valence-electron chi connectivity index (χ1n) is 7.00. The minimum Gasteiger partial charge on any atom is -0.506 e. The molecule has 0 unspecified atom stereocenters. The summed E-state index contributed by atoms with van der Waals surface area (Å²) in [7, 11) is 0. The molecule has 122 valence electrons. The fourth-order valence-corrected chi connectivity index (χ4v) is 2.62. The van der Waals surface area contributed by atoms with Crippen molar-refractivity contribution in [2.24, 2.45) is 0 Å². The molecular weight excluding hydrogens is 366 g/mol. The Labute approximate surface area is 141 Å². The van der Waals surface area contributed by atoms with Crippen molar-refractivity contribution in [2.45, 2.75) is 13.8 Å². The molecule has 6 nitrogen and oxygen atoms in total. The average molecular weight is 382 g/mol. The van der Waals surface area contributed by atoms with E-state index in [1.165, 1.54) is 0 Å². The fraction of sp³-hybridized carbons (Fsp3) is 0.250. The van der Waals surface area contributed by atoms with Crippen molar-refractivity contribution in [2.75, 3.05) is 18.9 Å². The Bertz CT molecular complexity index is 744. The van der Waals surface area contributed by atoms with Gasteiger partial charge in [-0.3, -0.25) is 0 Å². The highest BCUT2D eigenvalue weighted by Crippen LogP contribution is 2.43. The van der Waals surface area contributed by atoms with Crippen molar-refractivity contribution < 1.29 is 24.2 Å². The number of esters is 2. The highest BCUT2D eigenvalue weighted by atomic mass is 79.9. The molecule has 0 saturated heterocycles. The molecule has 0 atom stereocenters. The van der Waals surface area contributed by atoms with Gasteiger partial charge in [-0.1, -0.05) is 6.07 Å². The van der Waals surface area contributed by atoms with E-state index < -0.39 is 17.7 Å². The predicted molar refractivity (Wildman–Crippen MR) is 88.8 cm³/mol. The van der Waals surface area contributed by atoms with Crippen molar-refractivity contribution in [3.05, 3.63) is 33.8 Å². The molecule has 0 aliphatic heterocycles. The summed E-state index contributed by atoms with van der Waals surface area (Å²) < 4.78 is 10.5. The van der Waals surface area contributed by atoms with Crippen LogP contribution in [0.5, 0.6) is 5.75 Å². The van der Waals surface area contributed by atoms with E-state index in [2.05, 4.69) is 15.9 Å². The van der Waals surface area contributed by atoms with Crippen LogP contribution in [0.15, 0.2) is 22.7 Å². The van der Waals surface area contributed by atoms with Crippen LogP contribution in [0.2, 0.25) is 0 Å². The van der Waals surface area contributed by atoms with Crippen LogP contribution in [0, 0.1) is 0 Å². The molecule has 0 radical (unpaired) electrons. The highest BCUT2D eigenvalue weighted by molar-refractivity contribution is 9.10.